The first-order chi connectivity index (χ1) is 15.6. The van der Waals surface area contributed by atoms with Crippen LogP contribution < -0.4 is 10.1 Å². The molecule has 2 aromatic rings. The standard InChI is InChI=1S/C26H34N2O4/c29-25-14-7-17-28(25)18-8-16-27-19-21(9-2-1-3-15-26(30)31)20-32-24-13-6-11-22-10-4-5-12-23(22)24/h4-6,9-13,27H,1-3,7-8,14-20H2,(H,30,31). The molecule has 1 aliphatic heterocycles. The van der Waals surface area contributed by atoms with Crippen molar-refractivity contribution in [1.29, 1.82) is 0 Å². The van der Waals surface area contributed by atoms with E-state index in [0.717, 1.165) is 74.0 Å². The van der Waals surface area contributed by atoms with Crippen LogP contribution in [0.4, 0.5) is 0 Å². The molecule has 172 valence electrons. The second kappa shape index (κ2) is 12.9. The van der Waals surface area contributed by atoms with E-state index in [1.165, 1.54) is 0 Å². The van der Waals surface area contributed by atoms with E-state index in [1.807, 2.05) is 29.2 Å². The molecule has 0 atom stereocenters. The number of nitrogens with zero attached hydrogens (tertiary/aromatic N) is 1. The normalized spacial score (nSPS) is 14.3. The van der Waals surface area contributed by atoms with Gasteiger partial charge in [-0.1, -0.05) is 42.5 Å². The van der Waals surface area contributed by atoms with Crippen LogP contribution in [0.5, 0.6) is 5.75 Å². The Bertz CT molecular complexity index is 920. The van der Waals surface area contributed by atoms with Crippen molar-refractivity contribution in [1.82, 2.24) is 10.2 Å². The Kier molecular flexibility index (Phi) is 9.57. The third-order valence-corrected chi connectivity index (χ3v) is 5.75. The fourth-order valence-corrected chi connectivity index (χ4v) is 3.99. The molecule has 0 aliphatic carbocycles. The SMILES string of the molecule is O=C(O)CCCCC=C(CNCCCN1CCCC1=O)COc1cccc2ccccc12. The van der Waals surface area contributed by atoms with Crippen LogP contribution >= 0.6 is 0 Å². The summed E-state index contributed by atoms with van der Waals surface area (Å²) in [5, 5.41) is 14.5. The number of carbonyl (C=O) groups excluding carboxylic acids is 1. The molecule has 1 amide bonds. The number of likely N-dealkylation sites (tertiary alicyclic amines) is 1. The van der Waals surface area contributed by atoms with E-state index < -0.39 is 5.97 Å². The maximum absolute atomic E-state index is 11.7. The maximum atomic E-state index is 11.7. The minimum atomic E-state index is -0.744. The van der Waals surface area contributed by atoms with E-state index in [2.05, 4.69) is 29.6 Å². The van der Waals surface area contributed by atoms with Gasteiger partial charge in [0.25, 0.3) is 0 Å². The first-order valence-electron chi connectivity index (χ1n) is 11.6. The summed E-state index contributed by atoms with van der Waals surface area (Å²) in [6, 6.07) is 14.3. The number of ether oxygens (including phenoxy) is 1. The minimum absolute atomic E-state index is 0.211. The largest absolute Gasteiger partial charge is 0.489 e. The molecule has 2 aromatic carbocycles. The number of fused-ring (bicyclic) bond motifs is 1. The van der Waals surface area contributed by atoms with Crippen molar-refractivity contribution in [2.75, 3.05) is 32.8 Å². The van der Waals surface area contributed by atoms with Crippen molar-refractivity contribution in [3.8, 4) is 5.75 Å². The monoisotopic (exact) mass is 438 g/mol. The van der Waals surface area contributed by atoms with Crippen molar-refractivity contribution >= 4 is 22.6 Å². The van der Waals surface area contributed by atoms with Gasteiger partial charge in [-0.15, -0.1) is 0 Å². The molecule has 0 saturated carbocycles. The minimum Gasteiger partial charge on any atom is -0.489 e. The molecule has 1 fully saturated rings. The number of nitrogens with one attached hydrogen (secondary N) is 1. The van der Waals surface area contributed by atoms with Crippen LogP contribution in [-0.4, -0.2) is 54.7 Å². The highest BCUT2D eigenvalue weighted by Crippen LogP contribution is 2.25. The van der Waals surface area contributed by atoms with Crippen LogP contribution in [0.3, 0.4) is 0 Å². The molecule has 0 spiro atoms. The highest BCUT2D eigenvalue weighted by atomic mass is 16.5. The molecule has 0 bridgehead atoms. The van der Waals surface area contributed by atoms with Crippen LogP contribution in [0.2, 0.25) is 0 Å². The molecule has 6 nitrogen and oxygen atoms in total. The first-order valence-corrected chi connectivity index (χ1v) is 11.6. The number of hydrogen-bond donors (Lipinski definition) is 2. The summed E-state index contributed by atoms with van der Waals surface area (Å²) < 4.78 is 6.17. The molecule has 1 aliphatic rings. The Morgan fingerprint density at radius 3 is 2.78 bits per heavy atom. The van der Waals surface area contributed by atoms with Gasteiger partial charge >= 0.3 is 5.97 Å². The number of amides is 1. The van der Waals surface area contributed by atoms with Crippen molar-refractivity contribution in [2.45, 2.75) is 44.9 Å². The molecular weight excluding hydrogens is 404 g/mol. The van der Waals surface area contributed by atoms with Gasteiger partial charge < -0.3 is 20.1 Å². The van der Waals surface area contributed by atoms with Gasteiger partial charge in [0.1, 0.15) is 12.4 Å². The number of allylic oxidation sites excluding steroid dienone is 1. The summed E-state index contributed by atoms with van der Waals surface area (Å²) in [5.74, 6) is 0.398. The summed E-state index contributed by atoms with van der Waals surface area (Å²) in [6.45, 7) is 3.75. The van der Waals surface area contributed by atoms with Crippen LogP contribution in [0, 0.1) is 0 Å². The first kappa shape index (κ1) is 23.8. The van der Waals surface area contributed by atoms with Crippen molar-refractivity contribution in [3.63, 3.8) is 0 Å². The molecule has 32 heavy (non-hydrogen) atoms. The summed E-state index contributed by atoms with van der Waals surface area (Å²) in [4.78, 5) is 24.4. The van der Waals surface area contributed by atoms with E-state index in [0.29, 0.717) is 19.4 Å². The number of carboxylic acids is 1. The number of unbranched alkanes of at least 4 members (excludes halogenated alkanes) is 2. The Morgan fingerprint density at radius 2 is 1.97 bits per heavy atom. The quantitative estimate of drug-likeness (QED) is 0.338. The molecule has 1 heterocycles. The second-order valence-electron chi connectivity index (χ2n) is 8.28. The summed E-state index contributed by atoms with van der Waals surface area (Å²) >= 11 is 0. The Hall–Kier alpha value is -2.86. The summed E-state index contributed by atoms with van der Waals surface area (Å²) in [6.07, 6.45) is 7.35. The highest BCUT2D eigenvalue weighted by molar-refractivity contribution is 5.88. The average Bonchev–Trinajstić information content (AvgIpc) is 3.20. The zero-order valence-corrected chi connectivity index (χ0v) is 18.7. The predicted octanol–water partition coefficient (Wildman–Crippen LogP) is 4.39. The van der Waals surface area contributed by atoms with Gasteiger partial charge in [0.15, 0.2) is 0 Å². The van der Waals surface area contributed by atoms with E-state index in [9.17, 15) is 9.59 Å². The van der Waals surface area contributed by atoms with E-state index >= 15 is 0 Å². The van der Waals surface area contributed by atoms with Gasteiger partial charge in [0.2, 0.25) is 5.91 Å². The topological polar surface area (TPSA) is 78.9 Å². The van der Waals surface area contributed by atoms with Gasteiger partial charge in [-0.05, 0) is 55.7 Å². The zero-order valence-electron chi connectivity index (χ0n) is 18.7. The molecule has 2 N–H and O–H groups in total. The van der Waals surface area contributed by atoms with Gasteiger partial charge in [0.05, 0.1) is 0 Å². The Labute approximate surface area is 190 Å². The lowest BCUT2D eigenvalue weighted by molar-refractivity contribution is -0.137. The average molecular weight is 439 g/mol. The number of hydrogen-bond acceptors (Lipinski definition) is 4. The van der Waals surface area contributed by atoms with Gasteiger partial charge in [-0.2, -0.15) is 0 Å². The lowest BCUT2D eigenvalue weighted by Crippen LogP contribution is -2.29. The summed E-state index contributed by atoms with van der Waals surface area (Å²) in [5.41, 5.74) is 1.16. The second-order valence-corrected chi connectivity index (χ2v) is 8.28. The number of carbonyl (C=O) groups is 2. The van der Waals surface area contributed by atoms with Crippen LogP contribution in [0.15, 0.2) is 54.1 Å². The molecule has 6 heteroatoms. The molecule has 0 unspecified atom stereocenters. The highest BCUT2D eigenvalue weighted by Gasteiger charge is 2.18. The maximum Gasteiger partial charge on any atom is 0.303 e. The number of carboxylic acid groups (broad SMARTS) is 1. The number of benzene rings is 2. The van der Waals surface area contributed by atoms with E-state index in [-0.39, 0.29) is 12.3 Å². The Balaban J connectivity index is 1.50. The molecule has 0 aromatic heterocycles. The third kappa shape index (κ3) is 7.68. The fraction of sp³-hybridized carbons (Fsp3) is 0.462. The number of rotatable bonds is 14. The van der Waals surface area contributed by atoms with Crippen molar-refractivity contribution in [3.05, 3.63) is 54.1 Å². The van der Waals surface area contributed by atoms with Gasteiger partial charge in [-0.3, -0.25) is 9.59 Å². The lowest BCUT2D eigenvalue weighted by atomic mass is 10.1. The van der Waals surface area contributed by atoms with Gasteiger partial charge in [0, 0.05) is 37.9 Å². The van der Waals surface area contributed by atoms with E-state index in [1.54, 1.807) is 0 Å². The zero-order chi connectivity index (χ0) is 22.6. The molecule has 3 rings (SSSR count). The van der Waals surface area contributed by atoms with E-state index in [4.69, 9.17) is 9.84 Å². The molecular formula is C26H34N2O4. The molecule has 1 saturated heterocycles. The van der Waals surface area contributed by atoms with Crippen LogP contribution in [0.1, 0.15) is 44.9 Å². The third-order valence-electron chi connectivity index (χ3n) is 5.75. The lowest BCUT2D eigenvalue weighted by Gasteiger charge is -2.16. The summed E-state index contributed by atoms with van der Waals surface area (Å²) in [7, 11) is 0. The molecule has 0 radical (unpaired) electrons. The predicted molar refractivity (Wildman–Crippen MR) is 127 cm³/mol. The van der Waals surface area contributed by atoms with Gasteiger partial charge in [-0.25, -0.2) is 0 Å². The van der Waals surface area contributed by atoms with Crippen molar-refractivity contribution < 1.29 is 19.4 Å². The number of aliphatic carboxylic acids is 1. The van der Waals surface area contributed by atoms with Crippen LogP contribution in [0.25, 0.3) is 10.8 Å². The van der Waals surface area contributed by atoms with Crippen molar-refractivity contribution in [2.24, 2.45) is 0 Å². The fourth-order valence-electron chi connectivity index (χ4n) is 3.99. The van der Waals surface area contributed by atoms with Crippen LogP contribution in [-0.2, 0) is 9.59 Å². The smallest absolute Gasteiger partial charge is 0.303 e. The Morgan fingerprint density at radius 1 is 1.12 bits per heavy atom.